The fraction of sp³-hybridized carbons (Fsp3) is 0.435. The first-order valence-electron chi connectivity index (χ1n) is 9.56. The Bertz CT molecular complexity index is 768. The number of carbonyl (C=O) groups is 1. The molecule has 4 nitrogen and oxygen atoms in total. The average Bonchev–Trinajstić information content (AvgIpc) is 2.59. The van der Waals surface area contributed by atoms with E-state index in [1.165, 1.54) is 0 Å². The van der Waals surface area contributed by atoms with E-state index in [0.29, 0.717) is 12.5 Å². The van der Waals surface area contributed by atoms with Gasteiger partial charge >= 0.3 is 0 Å². The van der Waals surface area contributed by atoms with Crippen LogP contribution in [-0.4, -0.2) is 18.1 Å². The molecule has 1 atom stereocenters. The van der Waals surface area contributed by atoms with Crippen molar-refractivity contribution in [3.8, 4) is 11.5 Å². The fourth-order valence-electron chi connectivity index (χ4n) is 2.80. The second-order valence-electron chi connectivity index (χ2n) is 7.49. The molecule has 4 heteroatoms. The van der Waals surface area contributed by atoms with E-state index < -0.39 is 6.10 Å². The van der Waals surface area contributed by atoms with Gasteiger partial charge in [-0.05, 0) is 68.5 Å². The van der Waals surface area contributed by atoms with Crippen LogP contribution in [0, 0.1) is 6.92 Å². The Morgan fingerprint density at radius 1 is 1.00 bits per heavy atom. The first kappa shape index (κ1) is 20.8. The summed E-state index contributed by atoms with van der Waals surface area (Å²) in [5.41, 5.74) is 3.22. The molecule has 1 N–H and O–H groups in total. The van der Waals surface area contributed by atoms with Crippen molar-refractivity contribution in [2.75, 3.05) is 0 Å². The molecule has 0 fully saturated rings. The van der Waals surface area contributed by atoms with E-state index in [4.69, 9.17) is 9.47 Å². The highest BCUT2D eigenvalue weighted by Crippen LogP contribution is 2.28. The summed E-state index contributed by atoms with van der Waals surface area (Å²) in [6.45, 7) is 12.5. The van der Waals surface area contributed by atoms with E-state index in [2.05, 4.69) is 31.3 Å². The van der Waals surface area contributed by atoms with Crippen LogP contribution < -0.4 is 14.8 Å². The first-order valence-corrected chi connectivity index (χ1v) is 9.56. The van der Waals surface area contributed by atoms with Crippen molar-refractivity contribution < 1.29 is 14.3 Å². The van der Waals surface area contributed by atoms with Gasteiger partial charge in [0.2, 0.25) is 0 Å². The van der Waals surface area contributed by atoms with Gasteiger partial charge in [-0.25, -0.2) is 0 Å². The number of benzene rings is 2. The Hall–Kier alpha value is -2.49. The minimum absolute atomic E-state index is 0.118. The molecule has 2 rings (SSSR count). The maximum Gasteiger partial charge on any atom is 0.261 e. The van der Waals surface area contributed by atoms with E-state index in [-0.39, 0.29) is 12.0 Å². The molecule has 0 aliphatic rings. The highest BCUT2D eigenvalue weighted by atomic mass is 16.5. The minimum atomic E-state index is -0.570. The molecule has 0 spiro atoms. The highest BCUT2D eigenvalue weighted by Gasteiger charge is 2.17. The molecule has 1 amide bonds. The molecule has 0 radical (unpaired) electrons. The number of nitrogens with one attached hydrogen (secondary N) is 1. The number of hydrogen-bond donors (Lipinski definition) is 1. The number of carbonyl (C=O) groups excluding carboxylic acids is 1. The van der Waals surface area contributed by atoms with Gasteiger partial charge in [0.25, 0.3) is 5.91 Å². The van der Waals surface area contributed by atoms with Crippen molar-refractivity contribution in [3.05, 3.63) is 59.2 Å². The largest absolute Gasteiger partial charge is 0.491 e. The molecule has 0 aliphatic carbocycles. The van der Waals surface area contributed by atoms with Crippen LogP contribution in [0.15, 0.2) is 42.5 Å². The smallest absolute Gasteiger partial charge is 0.261 e. The molecule has 2 aromatic rings. The zero-order chi connectivity index (χ0) is 20.0. The lowest BCUT2D eigenvalue weighted by Gasteiger charge is -2.19. The third-order valence-corrected chi connectivity index (χ3v) is 4.20. The monoisotopic (exact) mass is 369 g/mol. The van der Waals surface area contributed by atoms with Crippen molar-refractivity contribution in [1.82, 2.24) is 5.32 Å². The Labute approximate surface area is 162 Å². The van der Waals surface area contributed by atoms with Crippen molar-refractivity contribution >= 4 is 5.91 Å². The van der Waals surface area contributed by atoms with Gasteiger partial charge in [-0.3, -0.25) is 4.79 Å². The Kier molecular flexibility index (Phi) is 7.28. The Morgan fingerprint density at radius 3 is 2.41 bits per heavy atom. The molecular weight excluding hydrogens is 338 g/mol. The van der Waals surface area contributed by atoms with E-state index in [1.807, 2.05) is 51.1 Å². The molecule has 0 saturated carbocycles. The molecule has 2 aromatic carbocycles. The van der Waals surface area contributed by atoms with E-state index in [9.17, 15) is 4.79 Å². The molecular formula is C23H31NO3. The SMILES string of the molecule is Cc1ccc(C(C)C)c(O[C@@H](C)C(=O)NCc2cccc(OC(C)C)c2)c1. The van der Waals surface area contributed by atoms with E-state index in [1.54, 1.807) is 6.92 Å². The van der Waals surface area contributed by atoms with Crippen molar-refractivity contribution in [2.24, 2.45) is 0 Å². The third-order valence-electron chi connectivity index (χ3n) is 4.20. The summed E-state index contributed by atoms with van der Waals surface area (Å²) in [5.74, 6) is 1.78. The second-order valence-corrected chi connectivity index (χ2v) is 7.49. The van der Waals surface area contributed by atoms with Crippen LogP contribution in [0.4, 0.5) is 0 Å². The minimum Gasteiger partial charge on any atom is -0.491 e. The maximum absolute atomic E-state index is 12.5. The molecule has 0 saturated heterocycles. The Balaban J connectivity index is 1.98. The quantitative estimate of drug-likeness (QED) is 0.713. The zero-order valence-electron chi connectivity index (χ0n) is 17.2. The first-order chi connectivity index (χ1) is 12.8. The predicted octanol–water partition coefficient (Wildman–Crippen LogP) is 4.99. The normalized spacial score (nSPS) is 12.1. The highest BCUT2D eigenvalue weighted by molar-refractivity contribution is 5.80. The molecule has 0 aliphatic heterocycles. The number of aryl methyl sites for hydroxylation is 1. The predicted molar refractivity (Wildman–Crippen MR) is 109 cm³/mol. The van der Waals surface area contributed by atoms with Gasteiger partial charge in [-0.1, -0.05) is 38.1 Å². The molecule has 146 valence electrons. The van der Waals surface area contributed by atoms with Gasteiger partial charge in [-0.15, -0.1) is 0 Å². The summed E-state index contributed by atoms with van der Waals surface area (Å²) in [6.07, 6.45) is -0.452. The van der Waals surface area contributed by atoms with E-state index in [0.717, 1.165) is 28.2 Å². The molecule has 0 aromatic heterocycles. The number of hydrogen-bond acceptors (Lipinski definition) is 3. The van der Waals surface area contributed by atoms with Crippen LogP contribution >= 0.6 is 0 Å². The Morgan fingerprint density at radius 2 is 1.74 bits per heavy atom. The summed E-state index contributed by atoms with van der Waals surface area (Å²) >= 11 is 0. The van der Waals surface area contributed by atoms with Crippen LogP contribution in [0.25, 0.3) is 0 Å². The second kappa shape index (κ2) is 9.45. The molecule has 0 bridgehead atoms. The standard InChI is InChI=1S/C23H31NO3/c1-15(2)21-11-10-17(5)12-22(21)27-18(6)23(25)24-14-19-8-7-9-20(13-19)26-16(3)4/h7-13,15-16,18H,14H2,1-6H3,(H,24,25)/t18-/m0/s1. The summed E-state index contributed by atoms with van der Waals surface area (Å²) < 4.78 is 11.7. The number of ether oxygens (including phenoxy) is 2. The maximum atomic E-state index is 12.5. The lowest BCUT2D eigenvalue weighted by Crippen LogP contribution is -2.36. The summed E-state index contributed by atoms with van der Waals surface area (Å²) in [7, 11) is 0. The average molecular weight is 370 g/mol. The lowest BCUT2D eigenvalue weighted by atomic mass is 10.0. The molecule has 27 heavy (non-hydrogen) atoms. The van der Waals surface area contributed by atoms with E-state index >= 15 is 0 Å². The topological polar surface area (TPSA) is 47.6 Å². The third kappa shape index (κ3) is 6.31. The molecule has 0 heterocycles. The van der Waals surface area contributed by atoms with Crippen LogP contribution in [0.1, 0.15) is 57.2 Å². The number of rotatable bonds is 8. The number of amides is 1. The van der Waals surface area contributed by atoms with Gasteiger partial charge in [0.05, 0.1) is 6.10 Å². The zero-order valence-corrected chi connectivity index (χ0v) is 17.2. The van der Waals surface area contributed by atoms with Gasteiger partial charge in [0.1, 0.15) is 11.5 Å². The lowest BCUT2D eigenvalue weighted by molar-refractivity contribution is -0.127. The summed E-state index contributed by atoms with van der Waals surface area (Å²) in [5, 5.41) is 2.94. The van der Waals surface area contributed by atoms with Crippen LogP contribution in [0.3, 0.4) is 0 Å². The van der Waals surface area contributed by atoms with Crippen LogP contribution in [-0.2, 0) is 11.3 Å². The van der Waals surface area contributed by atoms with Gasteiger partial charge in [-0.2, -0.15) is 0 Å². The van der Waals surface area contributed by atoms with Gasteiger partial charge in [0, 0.05) is 6.54 Å². The van der Waals surface area contributed by atoms with Crippen molar-refractivity contribution in [2.45, 2.75) is 66.2 Å². The summed E-state index contributed by atoms with van der Waals surface area (Å²) in [4.78, 5) is 12.5. The van der Waals surface area contributed by atoms with Crippen LogP contribution in [0.5, 0.6) is 11.5 Å². The molecule has 0 unspecified atom stereocenters. The van der Waals surface area contributed by atoms with Crippen molar-refractivity contribution in [1.29, 1.82) is 0 Å². The van der Waals surface area contributed by atoms with Crippen LogP contribution in [0.2, 0.25) is 0 Å². The fourth-order valence-corrected chi connectivity index (χ4v) is 2.80. The van der Waals surface area contributed by atoms with Gasteiger partial charge < -0.3 is 14.8 Å². The van der Waals surface area contributed by atoms with Crippen molar-refractivity contribution in [3.63, 3.8) is 0 Å². The summed E-state index contributed by atoms with van der Waals surface area (Å²) in [6, 6.07) is 13.9. The van der Waals surface area contributed by atoms with Gasteiger partial charge in [0.15, 0.2) is 6.10 Å².